The number of rotatable bonds is 1. The Morgan fingerprint density at radius 1 is 0.769 bits per heavy atom. The first kappa shape index (κ1) is 8.32. The van der Waals surface area contributed by atoms with E-state index < -0.39 is 0 Å². The molecule has 0 spiro atoms. The molecular weight excluding hydrogens is 156 g/mol. The monoisotopic (exact) mass is 178 g/mol. The minimum atomic E-state index is 0.892. The van der Waals surface area contributed by atoms with Crippen molar-refractivity contribution in [1.29, 1.82) is 0 Å². The van der Waals surface area contributed by atoms with Gasteiger partial charge < -0.3 is 0 Å². The Morgan fingerprint density at radius 3 is 2.15 bits per heavy atom. The van der Waals surface area contributed by atoms with E-state index in [0.717, 1.165) is 17.3 Å². The molecule has 0 aromatic carbocycles. The zero-order valence-corrected chi connectivity index (χ0v) is 8.73. The van der Waals surface area contributed by atoms with Crippen molar-refractivity contribution in [3.8, 4) is 0 Å². The summed E-state index contributed by atoms with van der Waals surface area (Å²) >= 11 is 0. The second-order valence-electron chi connectivity index (χ2n) is 5.86. The highest BCUT2D eigenvalue weighted by Gasteiger charge is 2.50. The molecule has 13 heavy (non-hydrogen) atoms. The lowest BCUT2D eigenvalue weighted by Crippen LogP contribution is -2.47. The van der Waals surface area contributed by atoms with E-state index in [-0.39, 0.29) is 0 Å². The van der Waals surface area contributed by atoms with Crippen LogP contribution in [0.5, 0.6) is 0 Å². The summed E-state index contributed by atoms with van der Waals surface area (Å²) in [6.07, 6.45) is 15.7. The smallest absolute Gasteiger partial charge is 0.0264 e. The van der Waals surface area contributed by atoms with Crippen LogP contribution >= 0.6 is 0 Å². The first-order valence-electron chi connectivity index (χ1n) is 6.39. The van der Waals surface area contributed by atoms with Gasteiger partial charge in [-0.3, -0.25) is 0 Å². The van der Waals surface area contributed by atoms with Crippen LogP contribution in [0.2, 0.25) is 0 Å². The summed E-state index contributed by atoms with van der Waals surface area (Å²) in [5.41, 5.74) is 0.892. The van der Waals surface area contributed by atoms with E-state index in [1.807, 2.05) is 0 Å². The third kappa shape index (κ3) is 1.25. The SMILES string of the molecule is C1CCC(C23CCCC(C2)C3)CC1. The molecule has 0 heteroatoms. The van der Waals surface area contributed by atoms with Crippen LogP contribution in [0.25, 0.3) is 0 Å². The third-order valence-electron chi connectivity index (χ3n) is 5.15. The van der Waals surface area contributed by atoms with Gasteiger partial charge in [0.05, 0.1) is 0 Å². The second kappa shape index (κ2) is 3.00. The average Bonchev–Trinajstić information content (AvgIpc) is 2.19. The van der Waals surface area contributed by atoms with Gasteiger partial charge in [0.2, 0.25) is 0 Å². The Balaban J connectivity index is 1.69. The Kier molecular flexibility index (Phi) is 1.92. The molecule has 0 radical (unpaired) electrons. The fraction of sp³-hybridized carbons (Fsp3) is 1.00. The van der Waals surface area contributed by atoms with Crippen molar-refractivity contribution >= 4 is 0 Å². The van der Waals surface area contributed by atoms with Crippen LogP contribution in [-0.4, -0.2) is 0 Å². The minimum absolute atomic E-state index is 0.892. The van der Waals surface area contributed by atoms with Gasteiger partial charge in [0.25, 0.3) is 0 Å². The topological polar surface area (TPSA) is 0 Å². The quantitative estimate of drug-likeness (QED) is 0.566. The molecule has 0 saturated heterocycles. The Hall–Kier alpha value is 0. The van der Waals surface area contributed by atoms with E-state index in [4.69, 9.17) is 0 Å². The maximum Gasteiger partial charge on any atom is -0.0264 e. The third-order valence-corrected chi connectivity index (χ3v) is 5.15. The van der Waals surface area contributed by atoms with E-state index in [1.54, 1.807) is 44.9 Å². The van der Waals surface area contributed by atoms with Crippen LogP contribution in [0, 0.1) is 17.3 Å². The highest BCUT2D eigenvalue weighted by molar-refractivity contribution is 5.01. The molecule has 0 N–H and O–H groups in total. The summed E-state index contributed by atoms with van der Waals surface area (Å²) in [4.78, 5) is 0. The van der Waals surface area contributed by atoms with Crippen LogP contribution < -0.4 is 0 Å². The standard InChI is InChI=1S/C13H22/c1-2-6-12(7-3-1)13-8-4-5-11(9-13)10-13/h11-12H,1-10H2. The molecule has 0 unspecified atom stereocenters. The number of hydrogen-bond donors (Lipinski definition) is 0. The summed E-state index contributed by atoms with van der Waals surface area (Å²) in [6, 6.07) is 0. The lowest BCUT2D eigenvalue weighted by molar-refractivity contribution is -0.0687. The Labute approximate surface area is 82.1 Å². The zero-order chi connectivity index (χ0) is 8.73. The molecular formula is C13H22. The Bertz CT molecular complexity index is 177. The summed E-state index contributed by atoms with van der Waals surface area (Å²) < 4.78 is 0. The molecule has 4 aliphatic rings. The van der Waals surface area contributed by atoms with Crippen LogP contribution in [0.4, 0.5) is 0 Å². The van der Waals surface area contributed by atoms with Gasteiger partial charge >= 0.3 is 0 Å². The molecule has 4 saturated carbocycles. The molecule has 0 aromatic heterocycles. The minimum Gasteiger partial charge on any atom is -0.0533 e. The molecule has 0 atom stereocenters. The first-order valence-corrected chi connectivity index (χ1v) is 6.39. The van der Waals surface area contributed by atoms with Crippen molar-refractivity contribution in [2.24, 2.45) is 17.3 Å². The van der Waals surface area contributed by atoms with Gasteiger partial charge in [-0.2, -0.15) is 0 Å². The van der Waals surface area contributed by atoms with Crippen molar-refractivity contribution in [3.63, 3.8) is 0 Å². The van der Waals surface area contributed by atoms with E-state index in [1.165, 1.54) is 19.3 Å². The summed E-state index contributed by atoms with van der Waals surface area (Å²) in [6.45, 7) is 0. The van der Waals surface area contributed by atoms with Crippen molar-refractivity contribution in [1.82, 2.24) is 0 Å². The van der Waals surface area contributed by atoms with Gasteiger partial charge in [-0.25, -0.2) is 0 Å². The molecule has 0 aromatic rings. The number of hydrogen-bond acceptors (Lipinski definition) is 0. The normalized spacial score (nSPS) is 45.7. The lowest BCUT2D eigenvalue weighted by Gasteiger charge is -2.58. The molecule has 0 amide bonds. The van der Waals surface area contributed by atoms with Crippen molar-refractivity contribution in [3.05, 3.63) is 0 Å². The van der Waals surface area contributed by atoms with E-state index >= 15 is 0 Å². The Morgan fingerprint density at radius 2 is 1.54 bits per heavy atom. The highest BCUT2D eigenvalue weighted by atomic mass is 14.6. The van der Waals surface area contributed by atoms with Gasteiger partial charge in [-0.15, -0.1) is 0 Å². The van der Waals surface area contributed by atoms with Crippen LogP contribution in [-0.2, 0) is 0 Å². The number of fused-ring (bicyclic) bond motifs is 2. The molecule has 0 heterocycles. The summed E-state index contributed by atoms with van der Waals surface area (Å²) in [7, 11) is 0. The second-order valence-corrected chi connectivity index (χ2v) is 5.86. The van der Waals surface area contributed by atoms with Crippen molar-refractivity contribution < 1.29 is 0 Å². The fourth-order valence-corrected chi connectivity index (χ4v) is 4.49. The summed E-state index contributed by atoms with van der Waals surface area (Å²) in [5.74, 6) is 2.31. The first-order chi connectivity index (χ1) is 6.39. The van der Waals surface area contributed by atoms with Crippen molar-refractivity contribution in [2.45, 2.75) is 64.2 Å². The summed E-state index contributed by atoms with van der Waals surface area (Å²) in [5, 5.41) is 0. The van der Waals surface area contributed by atoms with Gasteiger partial charge in [0, 0.05) is 0 Å². The van der Waals surface area contributed by atoms with Gasteiger partial charge in [0.15, 0.2) is 0 Å². The lowest BCUT2D eigenvalue weighted by atomic mass is 9.48. The molecule has 74 valence electrons. The van der Waals surface area contributed by atoms with Gasteiger partial charge in [-0.05, 0) is 49.4 Å². The maximum atomic E-state index is 1.62. The van der Waals surface area contributed by atoms with Crippen LogP contribution in [0.3, 0.4) is 0 Å². The molecule has 4 aliphatic carbocycles. The predicted molar refractivity (Wildman–Crippen MR) is 55.6 cm³/mol. The molecule has 0 aliphatic heterocycles. The average molecular weight is 178 g/mol. The van der Waals surface area contributed by atoms with Crippen molar-refractivity contribution in [2.75, 3.05) is 0 Å². The predicted octanol–water partition coefficient (Wildman–Crippen LogP) is 4.15. The highest BCUT2D eigenvalue weighted by Crippen LogP contribution is 2.62. The molecule has 4 fully saturated rings. The van der Waals surface area contributed by atoms with E-state index in [0.29, 0.717) is 0 Å². The van der Waals surface area contributed by atoms with Gasteiger partial charge in [-0.1, -0.05) is 32.1 Å². The maximum absolute atomic E-state index is 1.62. The molecule has 4 rings (SSSR count). The molecule has 0 nitrogen and oxygen atoms in total. The van der Waals surface area contributed by atoms with Gasteiger partial charge in [0.1, 0.15) is 0 Å². The van der Waals surface area contributed by atoms with Crippen LogP contribution in [0.1, 0.15) is 64.2 Å². The molecule has 2 bridgehead atoms. The fourth-order valence-electron chi connectivity index (χ4n) is 4.49. The van der Waals surface area contributed by atoms with E-state index in [2.05, 4.69) is 0 Å². The largest absolute Gasteiger partial charge is 0.0533 e. The van der Waals surface area contributed by atoms with E-state index in [9.17, 15) is 0 Å². The zero-order valence-electron chi connectivity index (χ0n) is 8.73. The van der Waals surface area contributed by atoms with Crippen LogP contribution in [0.15, 0.2) is 0 Å².